The Hall–Kier alpha value is -4.52. The second-order valence-electron chi connectivity index (χ2n) is 13.2. The average molecular weight is 646 g/mol. The van der Waals surface area contributed by atoms with Crippen molar-refractivity contribution in [3.05, 3.63) is 70.0 Å². The Morgan fingerprint density at radius 3 is 2.30 bits per heavy atom. The number of benzene rings is 2. The first kappa shape index (κ1) is 32.4. The summed E-state index contributed by atoms with van der Waals surface area (Å²) in [4.78, 5) is 55.2. The number of hydrogen-bond acceptors (Lipinski definition) is 11. The number of fused-ring (bicyclic) bond motifs is 3. The maximum absolute atomic E-state index is 14.1. The number of carbonyl (C=O) groups is 4. The van der Waals surface area contributed by atoms with Gasteiger partial charge in [0.05, 0.1) is 24.6 Å². The van der Waals surface area contributed by atoms with E-state index >= 15 is 0 Å². The monoisotopic (exact) mass is 645 g/mol. The summed E-state index contributed by atoms with van der Waals surface area (Å²) in [6, 6.07) is 9.97. The number of amides is 1. The van der Waals surface area contributed by atoms with Gasteiger partial charge in [0, 0.05) is 18.0 Å². The van der Waals surface area contributed by atoms with Crippen molar-refractivity contribution in [2.24, 2.45) is 23.5 Å². The fraction of sp³-hybridized carbons (Fsp3) is 0.429. The molecule has 1 amide bonds. The van der Waals surface area contributed by atoms with Crippen LogP contribution in [-0.2, 0) is 36.9 Å². The summed E-state index contributed by atoms with van der Waals surface area (Å²) in [5.74, 6) is -7.03. The largest absolute Gasteiger partial charge is 0.508 e. The maximum Gasteiger partial charge on any atom is 0.308 e. The van der Waals surface area contributed by atoms with Crippen LogP contribution in [0.15, 0.2) is 53.3 Å². The van der Waals surface area contributed by atoms with Crippen molar-refractivity contribution in [3.8, 4) is 16.9 Å². The van der Waals surface area contributed by atoms with Crippen LogP contribution in [0, 0.1) is 17.8 Å². The maximum atomic E-state index is 14.1. The number of hydrogen-bond donors (Lipinski definition) is 5. The smallest absolute Gasteiger partial charge is 0.308 e. The molecule has 12 heteroatoms. The molecule has 4 atom stereocenters. The van der Waals surface area contributed by atoms with Crippen LogP contribution in [0.2, 0.25) is 0 Å². The van der Waals surface area contributed by atoms with E-state index in [4.69, 9.17) is 10.5 Å². The minimum atomic E-state index is -2.68. The van der Waals surface area contributed by atoms with E-state index in [1.165, 1.54) is 18.1 Å². The molecule has 0 bridgehead atoms. The third-order valence-corrected chi connectivity index (χ3v) is 10.4. The first-order valence-corrected chi connectivity index (χ1v) is 15.7. The van der Waals surface area contributed by atoms with E-state index in [9.17, 15) is 39.6 Å². The molecule has 1 heterocycles. The van der Waals surface area contributed by atoms with Crippen molar-refractivity contribution >= 4 is 29.2 Å². The lowest BCUT2D eigenvalue weighted by Crippen LogP contribution is -2.65. The SMILES string of the molecule is COC(=O)C1CCN(Cc2ccc(-c3ccc(O)c4c3C[C@H]3C[C@H]5[C@H](N(C)C)C(=O)C(C(N)=O)=C(O)[C@@]5(O)C(=O)C3=C4O)cc2)CC1. The summed E-state index contributed by atoms with van der Waals surface area (Å²) in [6.45, 7) is 2.29. The van der Waals surface area contributed by atoms with Gasteiger partial charge >= 0.3 is 5.97 Å². The van der Waals surface area contributed by atoms with Gasteiger partial charge in [-0.25, -0.2) is 0 Å². The van der Waals surface area contributed by atoms with E-state index in [1.807, 2.05) is 24.3 Å². The topological polar surface area (TPSA) is 191 Å². The second kappa shape index (κ2) is 11.9. The number of primary amides is 1. The van der Waals surface area contributed by atoms with Gasteiger partial charge in [0.1, 0.15) is 22.8 Å². The van der Waals surface area contributed by atoms with Gasteiger partial charge in [0.2, 0.25) is 5.78 Å². The van der Waals surface area contributed by atoms with Crippen molar-refractivity contribution in [1.82, 2.24) is 9.80 Å². The summed E-state index contributed by atoms with van der Waals surface area (Å²) in [7, 11) is 4.55. The molecule has 2 aromatic carbocycles. The van der Waals surface area contributed by atoms with Crippen LogP contribution in [0.4, 0.5) is 0 Å². The van der Waals surface area contributed by atoms with Crippen LogP contribution in [0.3, 0.4) is 0 Å². The van der Waals surface area contributed by atoms with Crippen molar-refractivity contribution in [3.63, 3.8) is 0 Å². The van der Waals surface area contributed by atoms with E-state index in [2.05, 4.69) is 4.90 Å². The van der Waals surface area contributed by atoms with E-state index < -0.39 is 58.0 Å². The number of aromatic hydroxyl groups is 1. The number of aliphatic hydroxyl groups is 3. The Bertz CT molecular complexity index is 1740. The summed E-state index contributed by atoms with van der Waals surface area (Å²) in [6.07, 6.45) is 1.72. The number of likely N-dealkylation sites (N-methyl/N-ethyl adjacent to an activating group) is 1. The third-order valence-electron chi connectivity index (χ3n) is 10.4. The molecule has 0 unspecified atom stereocenters. The predicted molar refractivity (Wildman–Crippen MR) is 170 cm³/mol. The molecular formula is C35H39N3O9. The van der Waals surface area contributed by atoms with Crippen LogP contribution in [-0.4, -0.2) is 99.6 Å². The molecule has 248 valence electrons. The number of Topliss-reactive ketones (excluding diaryl/α,β-unsaturated/α-hetero) is 2. The molecule has 12 nitrogen and oxygen atoms in total. The van der Waals surface area contributed by atoms with Gasteiger partial charge in [0.25, 0.3) is 5.91 Å². The van der Waals surface area contributed by atoms with Gasteiger partial charge in [-0.05, 0) is 87.1 Å². The molecule has 47 heavy (non-hydrogen) atoms. The predicted octanol–water partition coefficient (Wildman–Crippen LogP) is 2.02. The van der Waals surface area contributed by atoms with Crippen LogP contribution >= 0.6 is 0 Å². The minimum absolute atomic E-state index is 0.0203. The average Bonchev–Trinajstić information content (AvgIpc) is 3.03. The highest BCUT2D eigenvalue weighted by Gasteiger charge is 2.64. The Morgan fingerprint density at radius 1 is 1.04 bits per heavy atom. The number of piperidine rings is 1. The summed E-state index contributed by atoms with van der Waals surface area (Å²) >= 11 is 0. The zero-order valence-electron chi connectivity index (χ0n) is 26.5. The number of phenolic OH excluding ortho intramolecular Hbond substituents is 1. The normalized spacial score (nSPS) is 26.6. The zero-order valence-corrected chi connectivity index (χ0v) is 26.5. The first-order valence-electron chi connectivity index (χ1n) is 15.7. The Balaban J connectivity index is 1.34. The number of phenols is 1. The summed E-state index contributed by atoms with van der Waals surface area (Å²) in [5, 5.41) is 45.3. The number of aliphatic hydroxyl groups excluding tert-OH is 2. The van der Waals surface area contributed by atoms with Crippen molar-refractivity contribution in [2.45, 2.75) is 43.9 Å². The fourth-order valence-corrected chi connectivity index (χ4v) is 8.06. The van der Waals surface area contributed by atoms with Crippen molar-refractivity contribution in [1.29, 1.82) is 0 Å². The summed E-state index contributed by atoms with van der Waals surface area (Å²) in [5.41, 5.74) is 5.00. The quantitative estimate of drug-likeness (QED) is 0.228. The van der Waals surface area contributed by atoms with E-state index in [-0.39, 0.29) is 41.6 Å². The van der Waals surface area contributed by atoms with Gasteiger partial charge < -0.3 is 30.9 Å². The molecule has 0 radical (unpaired) electrons. The highest BCUT2D eigenvalue weighted by atomic mass is 16.5. The highest BCUT2D eigenvalue weighted by Crippen LogP contribution is 2.53. The second-order valence-corrected chi connectivity index (χ2v) is 13.2. The zero-order chi connectivity index (χ0) is 33.9. The van der Waals surface area contributed by atoms with Gasteiger partial charge in [0.15, 0.2) is 11.4 Å². The Morgan fingerprint density at radius 2 is 1.70 bits per heavy atom. The first-order chi connectivity index (χ1) is 22.3. The fourth-order valence-electron chi connectivity index (χ4n) is 8.06. The van der Waals surface area contributed by atoms with E-state index in [0.29, 0.717) is 12.1 Å². The van der Waals surface area contributed by atoms with Crippen molar-refractivity contribution < 1.29 is 44.3 Å². The van der Waals surface area contributed by atoms with Gasteiger partial charge in [-0.2, -0.15) is 0 Å². The van der Waals surface area contributed by atoms with E-state index in [1.54, 1.807) is 20.2 Å². The lowest BCUT2D eigenvalue weighted by atomic mass is 9.57. The number of likely N-dealkylation sites (tertiary alicyclic amines) is 1. The molecule has 1 aliphatic heterocycles. The molecule has 6 rings (SSSR count). The van der Waals surface area contributed by atoms with Crippen LogP contribution in [0.5, 0.6) is 5.75 Å². The van der Waals surface area contributed by atoms with Gasteiger partial charge in [-0.15, -0.1) is 0 Å². The number of ether oxygens (including phenoxy) is 1. The van der Waals surface area contributed by atoms with Crippen LogP contribution in [0.1, 0.15) is 36.0 Å². The Labute approximate surface area is 271 Å². The lowest BCUT2D eigenvalue weighted by Gasteiger charge is -2.50. The molecule has 0 spiro atoms. The molecule has 1 saturated carbocycles. The summed E-state index contributed by atoms with van der Waals surface area (Å²) < 4.78 is 4.89. The minimum Gasteiger partial charge on any atom is -0.508 e. The molecule has 1 saturated heterocycles. The Kier molecular flexibility index (Phi) is 8.23. The molecular weight excluding hydrogens is 606 g/mol. The number of ketones is 2. The van der Waals surface area contributed by atoms with Gasteiger partial charge in [-0.1, -0.05) is 30.3 Å². The van der Waals surface area contributed by atoms with Crippen LogP contribution < -0.4 is 5.73 Å². The standard InChI is InChI=1S/C35H39N3O9/c1-37(2)28-23-15-20-14-22-21(18-6-4-17(5-7-18)16-38-12-10-19(11-13-38)34(45)47-3)8-9-24(39)26(22)29(40)25(20)31(42)35(23,46)32(43)27(30(28)41)33(36)44/h4-9,19-20,23,28,39-40,43,46H,10-16H2,1-3H3,(H2,36,44)/t20-,23-,28-,35-/m0/s1. The molecule has 2 aromatic rings. The number of methoxy groups -OCH3 is 1. The van der Waals surface area contributed by atoms with Crippen molar-refractivity contribution in [2.75, 3.05) is 34.3 Å². The number of carbonyl (C=O) groups excluding carboxylic acids is 4. The van der Waals surface area contributed by atoms with Crippen LogP contribution in [0.25, 0.3) is 16.9 Å². The lowest BCUT2D eigenvalue weighted by molar-refractivity contribution is -0.153. The van der Waals surface area contributed by atoms with E-state index in [0.717, 1.165) is 42.6 Å². The molecule has 3 aliphatic carbocycles. The third kappa shape index (κ3) is 5.11. The van der Waals surface area contributed by atoms with Gasteiger partial charge in [-0.3, -0.25) is 29.0 Å². The highest BCUT2D eigenvalue weighted by molar-refractivity contribution is 6.24. The molecule has 4 aliphatic rings. The number of esters is 1. The number of nitrogens with two attached hydrogens (primary N) is 1. The molecule has 6 N–H and O–H groups in total. The molecule has 0 aromatic heterocycles. The number of nitrogens with zero attached hydrogens (tertiary/aromatic N) is 2. The molecule has 2 fully saturated rings. The number of rotatable bonds is 6.